The highest BCUT2D eigenvalue weighted by atomic mass is 32.1. The number of carboxylic acids is 1. The van der Waals surface area contributed by atoms with Gasteiger partial charge in [0.25, 0.3) is 0 Å². The van der Waals surface area contributed by atoms with Crippen molar-refractivity contribution in [3.63, 3.8) is 0 Å². The van der Waals surface area contributed by atoms with Crippen molar-refractivity contribution in [3.05, 3.63) is 22.4 Å². The Morgan fingerprint density at radius 2 is 2.16 bits per heavy atom. The van der Waals surface area contributed by atoms with Gasteiger partial charge in [-0.3, -0.25) is 4.79 Å². The summed E-state index contributed by atoms with van der Waals surface area (Å²) in [5.41, 5.74) is -0.596. The fourth-order valence-corrected chi connectivity index (χ4v) is 2.32. The van der Waals surface area contributed by atoms with Crippen LogP contribution in [0.4, 0.5) is 4.79 Å². The molecule has 0 aromatic carbocycles. The first-order valence-corrected chi connectivity index (χ1v) is 6.88. The molecule has 1 heterocycles. The molecule has 1 aromatic rings. The molecule has 5 nitrogen and oxygen atoms in total. The summed E-state index contributed by atoms with van der Waals surface area (Å²) in [5, 5.41) is 13.4. The number of amides is 1. The molecular weight excluding hydrogens is 266 g/mol. The summed E-state index contributed by atoms with van der Waals surface area (Å²) in [4.78, 5) is 23.5. The maximum Gasteiger partial charge on any atom is 0.407 e. The van der Waals surface area contributed by atoms with Gasteiger partial charge < -0.3 is 15.2 Å². The zero-order valence-electron chi connectivity index (χ0n) is 11.3. The summed E-state index contributed by atoms with van der Waals surface area (Å²) < 4.78 is 5.13. The number of alkyl carbamates (subject to hydrolysis) is 1. The largest absolute Gasteiger partial charge is 0.481 e. The SMILES string of the molecule is CC(C)(C)OC(=O)N[C@@H](CC(=O)O)Cc1cccs1. The number of nitrogens with one attached hydrogen (secondary N) is 1. The van der Waals surface area contributed by atoms with Crippen molar-refractivity contribution in [2.24, 2.45) is 0 Å². The number of carbonyl (C=O) groups is 2. The van der Waals surface area contributed by atoms with Crippen LogP contribution in [0.3, 0.4) is 0 Å². The second-order valence-electron chi connectivity index (χ2n) is 5.22. The van der Waals surface area contributed by atoms with Crippen molar-refractivity contribution in [3.8, 4) is 0 Å². The minimum atomic E-state index is -0.947. The molecule has 1 amide bonds. The molecule has 1 rings (SSSR count). The summed E-state index contributed by atoms with van der Waals surface area (Å²) in [7, 11) is 0. The lowest BCUT2D eigenvalue weighted by molar-refractivity contribution is -0.137. The Kier molecular flexibility index (Phi) is 5.35. The molecule has 0 saturated carbocycles. The molecule has 0 fully saturated rings. The fraction of sp³-hybridized carbons (Fsp3) is 0.538. The molecule has 0 aliphatic rings. The Morgan fingerprint density at radius 3 is 2.63 bits per heavy atom. The summed E-state index contributed by atoms with van der Waals surface area (Å²) in [6.45, 7) is 5.29. The van der Waals surface area contributed by atoms with E-state index in [2.05, 4.69) is 5.32 Å². The average molecular weight is 285 g/mol. The van der Waals surface area contributed by atoms with E-state index in [1.54, 1.807) is 20.8 Å². The van der Waals surface area contributed by atoms with E-state index in [1.807, 2.05) is 17.5 Å². The van der Waals surface area contributed by atoms with Crippen LogP contribution in [0, 0.1) is 0 Å². The summed E-state index contributed by atoms with van der Waals surface area (Å²) in [5.74, 6) is -0.947. The second kappa shape index (κ2) is 6.56. The van der Waals surface area contributed by atoms with Crippen LogP contribution in [-0.4, -0.2) is 28.8 Å². The predicted molar refractivity (Wildman–Crippen MR) is 73.4 cm³/mol. The van der Waals surface area contributed by atoms with Gasteiger partial charge in [0, 0.05) is 17.3 Å². The molecule has 0 bridgehead atoms. The Hall–Kier alpha value is -1.56. The fourth-order valence-electron chi connectivity index (χ4n) is 1.53. The molecule has 19 heavy (non-hydrogen) atoms. The minimum absolute atomic E-state index is 0.128. The smallest absolute Gasteiger partial charge is 0.407 e. The van der Waals surface area contributed by atoms with Gasteiger partial charge in [-0.15, -0.1) is 11.3 Å². The number of rotatable bonds is 5. The van der Waals surface area contributed by atoms with E-state index in [9.17, 15) is 9.59 Å². The van der Waals surface area contributed by atoms with Gasteiger partial charge in [0.2, 0.25) is 0 Å². The van der Waals surface area contributed by atoms with E-state index in [4.69, 9.17) is 9.84 Å². The lowest BCUT2D eigenvalue weighted by Crippen LogP contribution is -2.41. The molecule has 0 spiro atoms. The third-order valence-corrected chi connectivity index (χ3v) is 3.07. The van der Waals surface area contributed by atoms with Crippen LogP contribution in [0.5, 0.6) is 0 Å². The van der Waals surface area contributed by atoms with Crippen molar-refractivity contribution in [2.45, 2.75) is 45.3 Å². The minimum Gasteiger partial charge on any atom is -0.481 e. The molecular formula is C13H19NO4S. The Labute approximate surface area is 116 Å². The van der Waals surface area contributed by atoms with Crippen LogP contribution < -0.4 is 5.32 Å². The molecule has 0 unspecified atom stereocenters. The quantitative estimate of drug-likeness (QED) is 0.872. The Bertz CT molecular complexity index is 422. The number of hydrogen-bond acceptors (Lipinski definition) is 4. The first-order valence-electron chi connectivity index (χ1n) is 6.00. The van der Waals surface area contributed by atoms with Crippen molar-refractivity contribution in [1.82, 2.24) is 5.32 Å². The first kappa shape index (κ1) is 15.5. The molecule has 0 radical (unpaired) electrons. The highest BCUT2D eigenvalue weighted by molar-refractivity contribution is 7.09. The van der Waals surface area contributed by atoms with Gasteiger partial charge in [0.05, 0.1) is 6.42 Å². The van der Waals surface area contributed by atoms with Crippen molar-refractivity contribution in [2.75, 3.05) is 0 Å². The molecule has 1 atom stereocenters. The van der Waals surface area contributed by atoms with Gasteiger partial charge >= 0.3 is 12.1 Å². The molecule has 106 valence electrons. The van der Waals surface area contributed by atoms with Gasteiger partial charge in [0.15, 0.2) is 0 Å². The van der Waals surface area contributed by atoms with Gasteiger partial charge in [-0.1, -0.05) is 6.07 Å². The number of aliphatic carboxylic acids is 1. The normalized spacial score (nSPS) is 12.8. The van der Waals surface area contributed by atoms with Crippen LogP contribution in [-0.2, 0) is 16.0 Å². The maximum absolute atomic E-state index is 11.7. The van der Waals surface area contributed by atoms with E-state index in [0.717, 1.165) is 4.88 Å². The molecule has 0 aliphatic carbocycles. The van der Waals surface area contributed by atoms with Gasteiger partial charge in [-0.2, -0.15) is 0 Å². The predicted octanol–water partition coefficient (Wildman–Crippen LogP) is 2.66. The number of thiophene rings is 1. The number of carboxylic acid groups (broad SMARTS) is 1. The molecule has 6 heteroatoms. The number of carbonyl (C=O) groups excluding carboxylic acids is 1. The Morgan fingerprint density at radius 1 is 1.47 bits per heavy atom. The van der Waals surface area contributed by atoms with Crippen molar-refractivity contribution in [1.29, 1.82) is 0 Å². The van der Waals surface area contributed by atoms with Gasteiger partial charge in [-0.05, 0) is 32.2 Å². The topological polar surface area (TPSA) is 75.6 Å². The lowest BCUT2D eigenvalue weighted by Gasteiger charge is -2.22. The van der Waals surface area contributed by atoms with E-state index in [0.29, 0.717) is 6.42 Å². The average Bonchev–Trinajstić information content (AvgIpc) is 2.65. The van der Waals surface area contributed by atoms with E-state index in [-0.39, 0.29) is 6.42 Å². The van der Waals surface area contributed by atoms with Crippen LogP contribution >= 0.6 is 11.3 Å². The number of ether oxygens (including phenoxy) is 1. The summed E-state index contributed by atoms with van der Waals surface area (Å²) in [6.07, 6.45) is -0.226. The zero-order chi connectivity index (χ0) is 14.5. The highest BCUT2D eigenvalue weighted by Gasteiger charge is 2.21. The molecule has 1 aromatic heterocycles. The van der Waals surface area contributed by atoms with Gasteiger partial charge in [-0.25, -0.2) is 4.79 Å². The third-order valence-electron chi connectivity index (χ3n) is 2.17. The standard InChI is InChI=1S/C13H19NO4S/c1-13(2,3)18-12(17)14-9(8-11(15)16)7-10-5-4-6-19-10/h4-6,9H,7-8H2,1-3H3,(H,14,17)(H,15,16)/t9-/m1/s1. The van der Waals surface area contributed by atoms with Crippen LogP contribution in [0.1, 0.15) is 32.1 Å². The zero-order valence-corrected chi connectivity index (χ0v) is 12.1. The van der Waals surface area contributed by atoms with Gasteiger partial charge in [0.1, 0.15) is 5.60 Å². The first-order chi connectivity index (χ1) is 8.76. The van der Waals surface area contributed by atoms with Crippen molar-refractivity contribution >= 4 is 23.4 Å². The van der Waals surface area contributed by atoms with Crippen molar-refractivity contribution < 1.29 is 19.4 Å². The van der Waals surface area contributed by atoms with Crippen LogP contribution in [0.15, 0.2) is 17.5 Å². The highest BCUT2D eigenvalue weighted by Crippen LogP contribution is 2.14. The van der Waals surface area contributed by atoms with E-state index < -0.39 is 23.7 Å². The summed E-state index contributed by atoms with van der Waals surface area (Å²) >= 11 is 1.53. The third kappa shape index (κ3) is 6.81. The Balaban J connectivity index is 2.59. The van der Waals surface area contributed by atoms with E-state index in [1.165, 1.54) is 11.3 Å². The van der Waals surface area contributed by atoms with Crippen LogP contribution in [0.25, 0.3) is 0 Å². The maximum atomic E-state index is 11.7. The lowest BCUT2D eigenvalue weighted by atomic mass is 10.1. The molecule has 0 aliphatic heterocycles. The molecule has 2 N–H and O–H groups in total. The summed E-state index contributed by atoms with van der Waals surface area (Å²) in [6, 6.07) is 3.34. The molecule has 0 saturated heterocycles. The second-order valence-corrected chi connectivity index (χ2v) is 6.26. The number of hydrogen-bond donors (Lipinski definition) is 2. The van der Waals surface area contributed by atoms with Crippen LogP contribution in [0.2, 0.25) is 0 Å². The van der Waals surface area contributed by atoms with E-state index >= 15 is 0 Å². The monoisotopic (exact) mass is 285 g/mol.